The van der Waals surface area contributed by atoms with Crippen LogP contribution in [0.15, 0.2) is 42.6 Å². The van der Waals surface area contributed by atoms with Crippen LogP contribution in [0.2, 0.25) is 0 Å². The third-order valence-electron chi connectivity index (χ3n) is 3.06. The SMILES string of the molecule is CCCN(Cc1cccc(N)c1)c1ccnc(C)c1. The Bertz CT molecular complexity index is 537. The number of hydrogen-bond donors (Lipinski definition) is 1. The molecule has 0 spiro atoms. The predicted molar refractivity (Wildman–Crippen MR) is 81.2 cm³/mol. The van der Waals surface area contributed by atoms with Crippen molar-refractivity contribution in [3.63, 3.8) is 0 Å². The Morgan fingerprint density at radius 2 is 2.05 bits per heavy atom. The smallest absolute Gasteiger partial charge is 0.0430 e. The molecule has 0 aliphatic heterocycles. The van der Waals surface area contributed by atoms with Crippen LogP contribution in [0.3, 0.4) is 0 Å². The first-order valence-electron chi connectivity index (χ1n) is 6.71. The first-order chi connectivity index (χ1) is 9.19. The van der Waals surface area contributed by atoms with Crippen LogP contribution in [0.5, 0.6) is 0 Å². The van der Waals surface area contributed by atoms with Crippen LogP contribution in [0, 0.1) is 6.92 Å². The molecule has 0 unspecified atom stereocenters. The van der Waals surface area contributed by atoms with Crippen LogP contribution in [0.25, 0.3) is 0 Å². The van der Waals surface area contributed by atoms with Gasteiger partial charge in [0, 0.05) is 36.4 Å². The molecule has 0 atom stereocenters. The van der Waals surface area contributed by atoms with E-state index in [0.29, 0.717) is 0 Å². The van der Waals surface area contributed by atoms with Crippen LogP contribution in [-0.4, -0.2) is 11.5 Å². The van der Waals surface area contributed by atoms with Crippen molar-refractivity contribution < 1.29 is 0 Å². The van der Waals surface area contributed by atoms with Crippen molar-refractivity contribution in [1.82, 2.24) is 4.98 Å². The maximum atomic E-state index is 5.84. The molecule has 0 aliphatic carbocycles. The minimum Gasteiger partial charge on any atom is -0.399 e. The second-order valence-electron chi connectivity index (χ2n) is 4.82. The van der Waals surface area contributed by atoms with E-state index >= 15 is 0 Å². The first kappa shape index (κ1) is 13.4. The minimum atomic E-state index is 0.819. The number of pyridine rings is 1. The maximum Gasteiger partial charge on any atom is 0.0430 e. The Hall–Kier alpha value is -2.03. The maximum absolute atomic E-state index is 5.84. The van der Waals surface area contributed by atoms with E-state index in [1.807, 2.05) is 31.3 Å². The van der Waals surface area contributed by atoms with Gasteiger partial charge in [-0.3, -0.25) is 4.98 Å². The lowest BCUT2D eigenvalue weighted by atomic mass is 10.1. The summed E-state index contributed by atoms with van der Waals surface area (Å²) in [7, 11) is 0. The number of benzene rings is 1. The van der Waals surface area contributed by atoms with Crippen LogP contribution < -0.4 is 10.6 Å². The Morgan fingerprint density at radius 3 is 2.74 bits per heavy atom. The highest BCUT2D eigenvalue weighted by Gasteiger charge is 2.07. The second kappa shape index (κ2) is 6.23. The van der Waals surface area contributed by atoms with Crippen molar-refractivity contribution in [1.29, 1.82) is 0 Å². The second-order valence-corrected chi connectivity index (χ2v) is 4.82. The Labute approximate surface area is 115 Å². The molecule has 0 amide bonds. The van der Waals surface area contributed by atoms with Crippen LogP contribution >= 0.6 is 0 Å². The van der Waals surface area contributed by atoms with Gasteiger partial charge < -0.3 is 10.6 Å². The van der Waals surface area contributed by atoms with Crippen molar-refractivity contribution in [2.24, 2.45) is 0 Å². The predicted octanol–water partition coefficient (Wildman–Crippen LogP) is 3.39. The molecule has 2 N–H and O–H groups in total. The molecule has 0 saturated carbocycles. The number of nitrogens with zero attached hydrogens (tertiary/aromatic N) is 2. The molecule has 2 aromatic rings. The van der Waals surface area contributed by atoms with Gasteiger partial charge in [-0.2, -0.15) is 0 Å². The van der Waals surface area contributed by atoms with E-state index in [0.717, 1.165) is 30.9 Å². The zero-order chi connectivity index (χ0) is 13.7. The van der Waals surface area contributed by atoms with Crippen LogP contribution in [0.4, 0.5) is 11.4 Å². The summed E-state index contributed by atoms with van der Waals surface area (Å²) >= 11 is 0. The zero-order valence-corrected chi connectivity index (χ0v) is 11.6. The number of nitrogens with two attached hydrogens (primary N) is 1. The van der Waals surface area contributed by atoms with Gasteiger partial charge in [0.15, 0.2) is 0 Å². The molecule has 100 valence electrons. The molecule has 0 aliphatic rings. The van der Waals surface area contributed by atoms with Gasteiger partial charge in [-0.05, 0) is 43.2 Å². The molecule has 2 rings (SSSR count). The summed E-state index contributed by atoms with van der Waals surface area (Å²) in [5.41, 5.74) is 10.2. The molecule has 3 nitrogen and oxygen atoms in total. The van der Waals surface area contributed by atoms with Gasteiger partial charge >= 0.3 is 0 Å². The molecule has 19 heavy (non-hydrogen) atoms. The summed E-state index contributed by atoms with van der Waals surface area (Å²) in [6, 6.07) is 12.3. The molecular weight excluding hydrogens is 234 g/mol. The number of rotatable bonds is 5. The minimum absolute atomic E-state index is 0.819. The Morgan fingerprint density at radius 1 is 1.21 bits per heavy atom. The van der Waals surface area contributed by atoms with Crippen molar-refractivity contribution in [2.75, 3.05) is 17.2 Å². The van der Waals surface area contributed by atoms with Crippen molar-refractivity contribution in [3.05, 3.63) is 53.9 Å². The van der Waals surface area contributed by atoms with Gasteiger partial charge in [-0.1, -0.05) is 19.1 Å². The third-order valence-corrected chi connectivity index (χ3v) is 3.06. The summed E-state index contributed by atoms with van der Waals surface area (Å²) in [5.74, 6) is 0. The van der Waals surface area contributed by atoms with E-state index < -0.39 is 0 Å². The number of aryl methyl sites for hydroxylation is 1. The Balaban J connectivity index is 2.21. The van der Waals surface area contributed by atoms with Gasteiger partial charge in [-0.25, -0.2) is 0 Å². The normalized spacial score (nSPS) is 10.4. The lowest BCUT2D eigenvalue weighted by molar-refractivity contribution is 0.766. The molecule has 1 aromatic heterocycles. The van der Waals surface area contributed by atoms with Gasteiger partial charge in [0.2, 0.25) is 0 Å². The average Bonchev–Trinajstić information content (AvgIpc) is 2.38. The molecule has 0 radical (unpaired) electrons. The van der Waals surface area contributed by atoms with E-state index in [4.69, 9.17) is 5.73 Å². The third kappa shape index (κ3) is 3.71. The van der Waals surface area contributed by atoms with Crippen molar-refractivity contribution in [3.8, 4) is 0 Å². The number of aromatic nitrogens is 1. The molecule has 3 heteroatoms. The van der Waals surface area contributed by atoms with Gasteiger partial charge in [0.25, 0.3) is 0 Å². The molecule has 0 bridgehead atoms. The fourth-order valence-corrected chi connectivity index (χ4v) is 2.21. The van der Waals surface area contributed by atoms with E-state index in [9.17, 15) is 0 Å². The lowest BCUT2D eigenvalue weighted by Crippen LogP contribution is -2.23. The van der Waals surface area contributed by atoms with E-state index in [-0.39, 0.29) is 0 Å². The molecular formula is C16H21N3. The number of anilines is 2. The zero-order valence-electron chi connectivity index (χ0n) is 11.6. The van der Waals surface area contributed by atoms with Crippen molar-refractivity contribution in [2.45, 2.75) is 26.8 Å². The van der Waals surface area contributed by atoms with E-state index in [2.05, 4.69) is 35.0 Å². The summed E-state index contributed by atoms with van der Waals surface area (Å²) in [5, 5.41) is 0. The lowest BCUT2D eigenvalue weighted by Gasteiger charge is -2.24. The standard InChI is InChI=1S/C16H21N3/c1-3-9-19(16-7-8-18-13(2)10-16)12-14-5-4-6-15(17)11-14/h4-8,10-11H,3,9,12,17H2,1-2H3. The highest BCUT2D eigenvalue weighted by molar-refractivity contribution is 5.48. The molecule has 0 fully saturated rings. The highest BCUT2D eigenvalue weighted by atomic mass is 15.1. The molecule has 1 aromatic carbocycles. The Kier molecular flexibility index (Phi) is 4.39. The van der Waals surface area contributed by atoms with Crippen LogP contribution in [0.1, 0.15) is 24.6 Å². The number of hydrogen-bond acceptors (Lipinski definition) is 3. The van der Waals surface area contributed by atoms with E-state index in [1.165, 1.54) is 11.3 Å². The van der Waals surface area contributed by atoms with Crippen LogP contribution in [-0.2, 0) is 6.54 Å². The van der Waals surface area contributed by atoms with Gasteiger partial charge in [0.05, 0.1) is 0 Å². The summed E-state index contributed by atoms with van der Waals surface area (Å²) in [6.07, 6.45) is 2.98. The first-order valence-corrected chi connectivity index (χ1v) is 6.71. The summed E-state index contributed by atoms with van der Waals surface area (Å²) in [4.78, 5) is 6.62. The fourth-order valence-electron chi connectivity index (χ4n) is 2.21. The van der Waals surface area contributed by atoms with Crippen molar-refractivity contribution >= 4 is 11.4 Å². The average molecular weight is 255 g/mol. The highest BCUT2D eigenvalue weighted by Crippen LogP contribution is 2.18. The van der Waals surface area contributed by atoms with E-state index in [1.54, 1.807) is 0 Å². The fraction of sp³-hybridized carbons (Fsp3) is 0.312. The summed E-state index contributed by atoms with van der Waals surface area (Å²) < 4.78 is 0. The topological polar surface area (TPSA) is 42.1 Å². The van der Waals surface area contributed by atoms with Gasteiger partial charge in [0.1, 0.15) is 0 Å². The monoisotopic (exact) mass is 255 g/mol. The molecule has 0 saturated heterocycles. The number of nitrogen functional groups attached to an aromatic ring is 1. The largest absolute Gasteiger partial charge is 0.399 e. The quantitative estimate of drug-likeness (QED) is 0.833. The molecule has 1 heterocycles. The van der Waals surface area contributed by atoms with Gasteiger partial charge in [-0.15, -0.1) is 0 Å². The summed E-state index contributed by atoms with van der Waals surface area (Å²) in [6.45, 7) is 6.12.